The van der Waals surface area contributed by atoms with Crippen LogP contribution in [0.1, 0.15) is 23.5 Å². The Morgan fingerprint density at radius 3 is 2.82 bits per heavy atom. The van der Waals surface area contributed by atoms with Crippen molar-refractivity contribution in [3.63, 3.8) is 0 Å². The molecule has 2 rings (SSSR count). The SMILES string of the molecule is CNC(C)c1nnc(-c2cc(Cl)ccc2C)s1. The zero-order chi connectivity index (χ0) is 12.4. The lowest BCUT2D eigenvalue weighted by Gasteiger charge is -2.03. The molecule has 0 fully saturated rings. The Kier molecular flexibility index (Phi) is 3.76. The maximum absolute atomic E-state index is 6.01. The van der Waals surface area contributed by atoms with E-state index in [-0.39, 0.29) is 6.04 Å². The van der Waals surface area contributed by atoms with E-state index in [9.17, 15) is 0 Å². The first-order chi connectivity index (χ1) is 8.11. The van der Waals surface area contributed by atoms with E-state index in [0.29, 0.717) is 0 Å². The highest BCUT2D eigenvalue weighted by molar-refractivity contribution is 7.14. The molecule has 1 N–H and O–H groups in total. The first-order valence-electron chi connectivity index (χ1n) is 5.39. The Balaban J connectivity index is 2.40. The molecule has 0 saturated heterocycles. The molecule has 0 bridgehead atoms. The molecule has 1 heterocycles. The summed E-state index contributed by atoms with van der Waals surface area (Å²) < 4.78 is 0. The fourth-order valence-corrected chi connectivity index (χ4v) is 2.62. The number of nitrogens with zero attached hydrogens (tertiary/aromatic N) is 2. The van der Waals surface area contributed by atoms with Crippen LogP contribution in [0, 0.1) is 6.92 Å². The summed E-state index contributed by atoms with van der Waals surface area (Å²) in [6, 6.07) is 6.05. The average molecular weight is 268 g/mol. The van der Waals surface area contributed by atoms with E-state index in [1.165, 1.54) is 0 Å². The van der Waals surface area contributed by atoms with Gasteiger partial charge in [-0.2, -0.15) is 0 Å². The Bertz CT molecular complexity index is 524. The van der Waals surface area contributed by atoms with Crippen molar-refractivity contribution in [3.05, 3.63) is 33.8 Å². The molecule has 3 nitrogen and oxygen atoms in total. The second kappa shape index (κ2) is 5.12. The van der Waals surface area contributed by atoms with Crippen LogP contribution in [0.15, 0.2) is 18.2 Å². The van der Waals surface area contributed by atoms with Gasteiger partial charge in [-0.15, -0.1) is 10.2 Å². The molecule has 5 heteroatoms. The number of hydrogen-bond acceptors (Lipinski definition) is 4. The Morgan fingerprint density at radius 2 is 2.12 bits per heavy atom. The zero-order valence-electron chi connectivity index (χ0n) is 9.99. The number of aryl methyl sites for hydroxylation is 1. The van der Waals surface area contributed by atoms with E-state index in [2.05, 4.69) is 22.4 Å². The third-order valence-corrected chi connectivity index (χ3v) is 4.05. The second-order valence-corrected chi connectivity index (χ2v) is 5.36. The van der Waals surface area contributed by atoms with Crippen LogP contribution in [-0.4, -0.2) is 17.2 Å². The van der Waals surface area contributed by atoms with E-state index >= 15 is 0 Å². The summed E-state index contributed by atoms with van der Waals surface area (Å²) in [5.74, 6) is 0. The Hall–Kier alpha value is -0.970. The van der Waals surface area contributed by atoms with Crippen LogP contribution in [-0.2, 0) is 0 Å². The molecule has 0 aliphatic carbocycles. The molecule has 1 aromatic carbocycles. The molecule has 17 heavy (non-hydrogen) atoms. The van der Waals surface area contributed by atoms with Crippen LogP contribution < -0.4 is 5.32 Å². The monoisotopic (exact) mass is 267 g/mol. The van der Waals surface area contributed by atoms with Crippen molar-refractivity contribution in [1.29, 1.82) is 0 Å². The highest BCUT2D eigenvalue weighted by Gasteiger charge is 2.13. The summed E-state index contributed by atoms with van der Waals surface area (Å²) in [4.78, 5) is 0. The zero-order valence-corrected chi connectivity index (χ0v) is 11.6. The van der Waals surface area contributed by atoms with Crippen molar-refractivity contribution < 1.29 is 0 Å². The van der Waals surface area contributed by atoms with Gasteiger partial charge in [0.25, 0.3) is 0 Å². The van der Waals surface area contributed by atoms with Gasteiger partial charge in [-0.05, 0) is 38.6 Å². The van der Waals surface area contributed by atoms with Crippen molar-refractivity contribution in [2.24, 2.45) is 0 Å². The summed E-state index contributed by atoms with van der Waals surface area (Å²) in [6.45, 7) is 4.11. The summed E-state index contributed by atoms with van der Waals surface area (Å²) in [7, 11) is 1.91. The van der Waals surface area contributed by atoms with Gasteiger partial charge in [0.15, 0.2) is 0 Å². The first-order valence-corrected chi connectivity index (χ1v) is 6.58. The number of benzene rings is 1. The average Bonchev–Trinajstić information content (AvgIpc) is 2.80. The molecule has 0 saturated carbocycles. The third kappa shape index (κ3) is 2.65. The number of hydrogen-bond donors (Lipinski definition) is 1. The van der Waals surface area contributed by atoms with Crippen LogP contribution >= 0.6 is 22.9 Å². The normalized spacial score (nSPS) is 12.7. The number of halogens is 1. The minimum absolute atomic E-state index is 0.223. The van der Waals surface area contributed by atoms with Crippen LogP contribution in [0.5, 0.6) is 0 Å². The van der Waals surface area contributed by atoms with Gasteiger partial charge < -0.3 is 5.32 Å². The lowest BCUT2D eigenvalue weighted by Crippen LogP contribution is -2.11. The maximum atomic E-state index is 6.01. The molecule has 0 amide bonds. The van der Waals surface area contributed by atoms with Gasteiger partial charge in [-0.3, -0.25) is 0 Å². The summed E-state index contributed by atoms with van der Waals surface area (Å²) in [5.41, 5.74) is 2.22. The summed E-state index contributed by atoms with van der Waals surface area (Å²) in [5, 5.41) is 14.2. The Labute approximate surface area is 110 Å². The smallest absolute Gasteiger partial charge is 0.148 e. The molecule has 0 spiro atoms. The van der Waals surface area contributed by atoms with E-state index in [0.717, 1.165) is 26.2 Å². The molecule has 2 aromatic rings. The molecule has 1 aromatic heterocycles. The molecule has 0 aliphatic heterocycles. The van der Waals surface area contributed by atoms with Crippen molar-refractivity contribution in [2.45, 2.75) is 19.9 Å². The predicted octanol–water partition coefficient (Wildman–Crippen LogP) is 3.45. The molecular weight excluding hydrogens is 254 g/mol. The van der Waals surface area contributed by atoms with Crippen molar-refractivity contribution in [3.8, 4) is 10.6 Å². The first kappa shape index (κ1) is 12.5. The molecule has 90 valence electrons. The van der Waals surface area contributed by atoms with Gasteiger partial charge in [0.1, 0.15) is 10.0 Å². The van der Waals surface area contributed by atoms with E-state index < -0.39 is 0 Å². The van der Waals surface area contributed by atoms with Gasteiger partial charge in [0.05, 0.1) is 6.04 Å². The predicted molar refractivity (Wildman–Crippen MR) is 72.6 cm³/mol. The molecule has 1 unspecified atom stereocenters. The largest absolute Gasteiger partial charge is 0.311 e. The number of aromatic nitrogens is 2. The van der Waals surface area contributed by atoms with Gasteiger partial charge in [0, 0.05) is 10.6 Å². The minimum Gasteiger partial charge on any atom is -0.311 e. The maximum Gasteiger partial charge on any atom is 0.148 e. The van der Waals surface area contributed by atoms with Crippen LogP contribution in [0.25, 0.3) is 10.6 Å². The van der Waals surface area contributed by atoms with Gasteiger partial charge in [0.2, 0.25) is 0 Å². The van der Waals surface area contributed by atoms with Crippen LogP contribution in [0.3, 0.4) is 0 Å². The minimum atomic E-state index is 0.223. The van der Waals surface area contributed by atoms with Crippen molar-refractivity contribution >= 4 is 22.9 Å². The van der Waals surface area contributed by atoms with Crippen molar-refractivity contribution in [1.82, 2.24) is 15.5 Å². The second-order valence-electron chi connectivity index (χ2n) is 3.92. The van der Waals surface area contributed by atoms with Crippen LogP contribution in [0.2, 0.25) is 5.02 Å². The fourth-order valence-electron chi connectivity index (χ4n) is 1.47. The Morgan fingerprint density at radius 1 is 1.35 bits per heavy atom. The van der Waals surface area contributed by atoms with E-state index in [4.69, 9.17) is 11.6 Å². The van der Waals surface area contributed by atoms with E-state index in [1.807, 2.05) is 32.2 Å². The lowest BCUT2D eigenvalue weighted by atomic mass is 10.1. The number of rotatable bonds is 3. The van der Waals surface area contributed by atoms with Crippen molar-refractivity contribution in [2.75, 3.05) is 7.05 Å². The topological polar surface area (TPSA) is 37.8 Å². The lowest BCUT2D eigenvalue weighted by molar-refractivity contribution is 0.640. The number of nitrogens with one attached hydrogen (secondary N) is 1. The fraction of sp³-hybridized carbons (Fsp3) is 0.333. The summed E-state index contributed by atoms with van der Waals surface area (Å²) >= 11 is 7.61. The quantitative estimate of drug-likeness (QED) is 0.926. The van der Waals surface area contributed by atoms with Gasteiger partial charge >= 0.3 is 0 Å². The molecule has 0 radical (unpaired) electrons. The van der Waals surface area contributed by atoms with E-state index in [1.54, 1.807) is 11.3 Å². The van der Waals surface area contributed by atoms with Crippen LogP contribution in [0.4, 0.5) is 0 Å². The van der Waals surface area contributed by atoms with Gasteiger partial charge in [-0.1, -0.05) is 29.0 Å². The highest BCUT2D eigenvalue weighted by Crippen LogP contribution is 2.30. The molecule has 0 aliphatic rings. The third-order valence-electron chi connectivity index (χ3n) is 2.67. The highest BCUT2D eigenvalue weighted by atomic mass is 35.5. The molecular formula is C12H14ClN3S. The van der Waals surface area contributed by atoms with Gasteiger partial charge in [-0.25, -0.2) is 0 Å². The summed E-state index contributed by atoms with van der Waals surface area (Å²) in [6.07, 6.45) is 0. The molecule has 1 atom stereocenters. The standard InChI is InChI=1S/C12H14ClN3S/c1-7-4-5-9(13)6-10(7)12-16-15-11(17-12)8(2)14-3/h4-6,8,14H,1-3H3.